The van der Waals surface area contributed by atoms with Crippen molar-refractivity contribution in [1.29, 1.82) is 0 Å². The second-order valence-electron chi connectivity index (χ2n) is 5.28. The van der Waals surface area contributed by atoms with Crippen LogP contribution in [0.2, 0.25) is 5.02 Å². The molecule has 8 heteroatoms. The molecule has 1 aromatic carbocycles. The van der Waals surface area contributed by atoms with Crippen molar-refractivity contribution in [1.82, 2.24) is 14.8 Å². The summed E-state index contributed by atoms with van der Waals surface area (Å²) in [6.07, 6.45) is 3.63. The van der Waals surface area contributed by atoms with Crippen LogP contribution in [0.15, 0.2) is 30.9 Å². The maximum atomic E-state index is 13.3. The highest BCUT2D eigenvalue weighted by atomic mass is 35.5. The van der Waals surface area contributed by atoms with E-state index in [1.807, 2.05) is 0 Å². The van der Waals surface area contributed by atoms with Crippen LogP contribution >= 0.6 is 24.0 Å². The summed E-state index contributed by atoms with van der Waals surface area (Å²) < 4.78 is 20.9. The van der Waals surface area contributed by atoms with E-state index in [4.69, 9.17) is 16.3 Å². The Balaban J connectivity index is 0.00000176. The molecule has 1 aromatic heterocycles. The molecular weight excluding hydrogens is 332 g/mol. The molecule has 22 heavy (non-hydrogen) atoms. The van der Waals surface area contributed by atoms with E-state index in [9.17, 15) is 9.50 Å². The highest BCUT2D eigenvalue weighted by Gasteiger charge is 2.43. The van der Waals surface area contributed by atoms with Crippen molar-refractivity contribution in [2.45, 2.75) is 18.6 Å². The highest BCUT2D eigenvalue weighted by Crippen LogP contribution is 2.43. The van der Waals surface area contributed by atoms with Crippen LogP contribution in [-0.2, 0) is 16.9 Å². The Morgan fingerprint density at radius 1 is 1.50 bits per heavy atom. The zero-order valence-electron chi connectivity index (χ0n) is 11.7. The van der Waals surface area contributed by atoms with Gasteiger partial charge in [0.2, 0.25) is 0 Å². The van der Waals surface area contributed by atoms with Gasteiger partial charge in [-0.1, -0.05) is 17.7 Å². The van der Waals surface area contributed by atoms with Crippen molar-refractivity contribution in [3.05, 3.63) is 47.3 Å². The first-order valence-corrected chi connectivity index (χ1v) is 7.03. The lowest BCUT2D eigenvalue weighted by molar-refractivity contribution is -0.0180. The zero-order chi connectivity index (χ0) is 14.9. The highest BCUT2D eigenvalue weighted by molar-refractivity contribution is 6.31. The van der Waals surface area contributed by atoms with Crippen LogP contribution in [0.4, 0.5) is 4.39 Å². The fourth-order valence-electron chi connectivity index (χ4n) is 2.80. The Morgan fingerprint density at radius 3 is 2.91 bits per heavy atom. The number of aliphatic hydroxyl groups excluding tert-OH is 1. The molecule has 2 heterocycles. The number of halogens is 3. The largest absolute Gasteiger partial charge is 0.396 e. The summed E-state index contributed by atoms with van der Waals surface area (Å²) >= 11 is 6.20. The average molecular weight is 348 g/mol. The summed E-state index contributed by atoms with van der Waals surface area (Å²) in [7, 11) is 0. The second-order valence-corrected chi connectivity index (χ2v) is 5.68. The van der Waals surface area contributed by atoms with E-state index >= 15 is 0 Å². The predicted molar refractivity (Wildman–Crippen MR) is 81.5 cm³/mol. The van der Waals surface area contributed by atoms with Gasteiger partial charge in [0.1, 0.15) is 24.1 Å². The smallest absolute Gasteiger partial charge is 0.137 e. The summed E-state index contributed by atoms with van der Waals surface area (Å²) in [5.41, 5.74) is -0.0247. The van der Waals surface area contributed by atoms with Gasteiger partial charge >= 0.3 is 0 Å². The number of nitrogens with zero attached hydrogens (tertiary/aromatic N) is 3. The van der Waals surface area contributed by atoms with Crippen LogP contribution in [0.5, 0.6) is 0 Å². The van der Waals surface area contributed by atoms with Crippen molar-refractivity contribution in [2.75, 3.05) is 13.2 Å². The lowest BCUT2D eigenvalue weighted by Crippen LogP contribution is -2.32. The quantitative estimate of drug-likeness (QED) is 0.922. The van der Waals surface area contributed by atoms with E-state index in [1.54, 1.807) is 17.1 Å². The van der Waals surface area contributed by atoms with Gasteiger partial charge in [0.25, 0.3) is 0 Å². The molecule has 0 amide bonds. The number of aromatic nitrogens is 3. The maximum absolute atomic E-state index is 13.3. The van der Waals surface area contributed by atoms with Gasteiger partial charge < -0.3 is 9.84 Å². The molecule has 2 atom stereocenters. The van der Waals surface area contributed by atoms with Gasteiger partial charge in [-0.25, -0.2) is 14.1 Å². The van der Waals surface area contributed by atoms with E-state index in [1.165, 1.54) is 18.5 Å². The fourth-order valence-corrected chi connectivity index (χ4v) is 3.14. The molecular formula is C14H16Cl2FN3O2. The van der Waals surface area contributed by atoms with Crippen molar-refractivity contribution < 1.29 is 14.2 Å². The summed E-state index contributed by atoms with van der Waals surface area (Å²) in [5, 5.41) is 13.8. The maximum Gasteiger partial charge on any atom is 0.137 e. The van der Waals surface area contributed by atoms with Gasteiger partial charge in [-0.05, 0) is 18.6 Å². The second kappa shape index (κ2) is 6.91. The van der Waals surface area contributed by atoms with E-state index in [0.717, 1.165) is 0 Å². The first-order valence-electron chi connectivity index (χ1n) is 6.66. The Kier molecular flexibility index (Phi) is 5.39. The van der Waals surface area contributed by atoms with Crippen molar-refractivity contribution in [3.63, 3.8) is 0 Å². The summed E-state index contributed by atoms with van der Waals surface area (Å²) in [5.74, 6) is -0.369. The molecule has 0 bridgehead atoms. The third-order valence-electron chi connectivity index (χ3n) is 3.78. The minimum atomic E-state index is -0.730. The van der Waals surface area contributed by atoms with Crippen LogP contribution in [0, 0.1) is 11.7 Å². The number of hydrogen-bond acceptors (Lipinski definition) is 4. The average Bonchev–Trinajstić information content (AvgIpc) is 3.09. The van der Waals surface area contributed by atoms with Crippen LogP contribution < -0.4 is 0 Å². The zero-order valence-corrected chi connectivity index (χ0v) is 13.2. The van der Waals surface area contributed by atoms with Gasteiger partial charge in [-0.15, -0.1) is 12.4 Å². The molecule has 1 N–H and O–H groups in total. The summed E-state index contributed by atoms with van der Waals surface area (Å²) in [6, 6.07) is 4.27. The Labute approximate surface area is 138 Å². The van der Waals surface area contributed by atoms with Gasteiger partial charge in [0.05, 0.1) is 13.2 Å². The Hall–Kier alpha value is -1.21. The molecule has 1 saturated heterocycles. The van der Waals surface area contributed by atoms with Gasteiger partial charge in [-0.2, -0.15) is 5.10 Å². The van der Waals surface area contributed by atoms with Gasteiger partial charge in [0, 0.05) is 23.1 Å². The molecule has 0 radical (unpaired) electrons. The van der Waals surface area contributed by atoms with Gasteiger partial charge in [-0.3, -0.25) is 0 Å². The minimum Gasteiger partial charge on any atom is -0.396 e. The number of hydrogen-bond donors (Lipinski definition) is 1. The lowest BCUT2D eigenvalue weighted by atomic mass is 9.87. The molecule has 1 aliphatic rings. The lowest BCUT2D eigenvalue weighted by Gasteiger charge is -2.29. The van der Waals surface area contributed by atoms with E-state index < -0.39 is 11.4 Å². The number of benzene rings is 1. The van der Waals surface area contributed by atoms with Crippen molar-refractivity contribution in [3.8, 4) is 0 Å². The van der Waals surface area contributed by atoms with Crippen LogP contribution in [0.25, 0.3) is 0 Å². The molecule has 0 spiro atoms. The molecule has 3 rings (SSSR count). The van der Waals surface area contributed by atoms with E-state index in [2.05, 4.69) is 10.1 Å². The summed E-state index contributed by atoms with van der Waals surface area (Å²) in [4.78, 5) is 3.92. The molecule has 1 unspecified atom stereocenters. The van der Waals surface area contributed by atoms with E-state index in [0.29, 0.717) is 30.2 Å². The normalized spacial score (nSPS) is 24.2. The molecule has 0 saturated carbocycles. The molecule has 2 aromatic rings. The van der Waals surface area contributed by atoms with Crippen LogP contribution in [0.1, 0.15) is 12.0 Å². The molecule has 1 fully saturated rings. The first-order chi connectivity index (χ1) is 10.1. The number of ether oxygens (including phenoxy) is 1. The SMILES string of the molecule is Cl.OC[C@@H]1COC(Cn2cncn2)(c2ccc(F)cc2Cl)C1. The standard InChI is InChI=1S/C14H15ClFN3O2.ClH/c15-13-3-11(16)1-2-12(13)14(4-10(5-20)6-21-14)7-19-9-17-8-18-19;/h1-3,8-10,20H,4-7H2;1H/t10-,14?;/m1./s1. The topological polar surface area (TPSA) is 60.2 Å². The number of rotatable bonds is 4. The predicted octanol–water partition coefficient (Wildman–Crippen LogP) is 2.42. The van der Waals surface area contributed by atoms with Crippen LogP contribution in [-0.4, -0.2) is 33.1 Å². The number of aliphatic hydroxyl groups is 1. The minimum absolute atomic E-state index is 0. The third kappa shape index (κ3) is 3.25. The monoisotopic (exact) mass is 347 g/mol. The fraction of sp³-hybridized carbons (Fsp3) is 0.429. The molecule has 120 valence electrons. The Bertz CT molecular complexity index is 627. The summed E-state index contributed by atoms with van der Waals surface area (Å²) in [6.45, 7) is 0.881. The first kappa shape index (κ1) is 17.1. The molecule has 0 aliphatic carbocycles. The van der Waals surface area contributed by atoms with Crippen molar-refractivity contribution >= 4 is 24.0 Å². The Morgan fingerprint density at radius 2 is 2.32 bits per heavy atom. The van der Waals surface area contributed by atoms with E-state index in [-0.39, 0.29) is 24.9 Å². The third-order valence-corrected chi connectivity index (χ3v) is 4.09. The molecule has 1 aliphatic heterocycles. The van der Waals surface area contributed by atoms with Crippen LogP contribution in [0.3, 0.4) is 0 Å². The van der Waals surface area contributed by atoms with Gasteiger partial charge in [0.15, 0.2) is 0 Å². The molecule has 5 nitrogen and oxygen atoms in total. The van der Waals surface area contributed by atoms with Crippen molar-refractivity contribution in [2.24, 2.45) is 5.92 Å².